The SMILES string of the molecule is CCCNCc1ccc(SCCS(=O)(=O)C(C)C)cc1. The number of hydrogen-bond donors (Lipinski definition) is 1. The minimum atomic E-state index is -2.92. The summed E-state index contributed by atoms with van der Waals surface area (Å²) < 4.78 is 23.4. The minimum absolute atomic E-state index is 0.245. The van der Waals surface area contributed by atoms with E-state index < -0.39 is 9.84 Å². The monoisotopic (exact) mass is 315 g/mol. The molecule has 20 heavy (non-hydrogen) atoms. The Kier molecular flexibility index (Phi) is 7.62. The highest BCUT2D eigenvalue weighted by Gasteiger charge is 2.15. The molecular formula is C15H25NO2S2. The molecular weight excluding hydrogens is 290 g/mol. The van der Waals surface area contributed by atoms with Crippen LogP contribution in [0.25, 0.3) is 0 Å². The zero-order chi connectivity index (χ0) is 15.0. The Balaban J connectivity index is 2.38. The lowest BCUT2D eigenvalue weighted by atomic mass is 10.2. The maximum absolute atomic E-state index is 11.7. The summed E-state index contributed by atoms with van der Waals surface area (Å²) in [6.45, 7) is 7.54. The Labute approximate surface area is 127 Å². The first-order valence-electron chi connectivity index (χ1n) is 7.09. The molecule has 0 radical (unpaired) electrons. The third-order valence-corrected chi connectivity index (χ3v) is 6.52. The van der Waals surface area contributed by atoms with E-state index in [4.69, 9.17) is 0 Å². The fourth-order valence-electron chi connectivity index (χ4n) is 1.62. The molecule has 0 atom stereocenters. The molecule has 114 valence electrons. The van der Waals surface area contributed by atoms with E-state index in [1.165, 1.54) is 5.56 Å². The Morgan fingerprint density at radius 2 is 1.85 bits per heavy atom. The van der Waals surface area contributed by atoms with Crippen molar-refractivity contribution in [3.8, 4) is 0 Å². The minimum Gasteiger partial charge on any atom is -0.313 e. The molecule has 0 saturated carbocycles. The number of nitrogens with one attached hydrogen (secondary N) is 1. The normalized spacial score (nSPS) is 12.0. The second-order valence-corrected chi connectivity index (χ2v) is 8.93. The van der Waals surface area contributed by atoms with Crippen LogP contribution in [0.4, 0.5) is 0 Å². The van der Waals surface area contributed by atoms with Gasteiger partial charge in [-0.1, -0.05) is 19.1 Å². The van der Waals surface area contributed by atoms with Gasteiger partial charge in [-0.3, -0.25) is 0 Å². The summed E-state index contributed by atoms with van der Waals surface area (Å²) in [7, 11) is -2.92. The number of hydrogen-bond acceptors (Lipinski definition) is 4. The van der Waals surface area contributed by atoms with Crippen molar-refractivity contribution in [1.29, 1.82) is 0 Å². The summed E-state index contributed by atoms with van der Waals surface area (Å²) >= 11 is 1.60. The van der Waals surface area contributed by atoms with Crippen LogP contribution >= 0.6 is 11.8 Å². The summed E-state index contributed by atoms with van der Waals surface area (Å²) in [6.07, 6.45) is 1.14. The molecule has 5 heteroatoms. The maximum atomic E-state index is 11.7. The van der Waals surface area contributed by atoms with Gasteiger partial charge in [-0.25, -0.2) is 8.42 Å². The highest BCUT2D eigenvalue weighted by Crippen LogP contribution is 2.19. The molecule has 1 aromatic rings. The van der Waals surface area contributed by atoms with Gasteiger partial charge in [0.2, 0.25) is 0 Å². The molecule has 0 aliphatic carbocycles. The summed E-state index contributed by atoms with van der Waals surface area (Å²) in [4.78, 5) is 1.13. The van der Waals surface area contributed by atoms with Crippen molar-refractivity contribution >= 4 is 21.6 Å². The molecule has 0 amide bonds. The third kappa shape index (κ3) is 6.29. The fourth-order valence-corrected chi connectivity index (χ4v) is 3.92. The highest BCUT2D eigenvalue weighted by molar-refractivity contribution is 8.00. The van der Waals surface area contributed by atoms with Gasteiger partial charge in [0.15, 0.2) is 9.84 Å². The van der Waals surface area contributed by atoms with Crippen LogP contribution in [0.15, 0.2) is 29.2 Å². The van der Waals surface area contributed by atoms with Crippen LogP contribution in [0.3, 0.4) is 0 Å². The van der Waals surface area contributed by atoms with Gasteiger partial charge in [-0.2, -0.15) is 0 Å². The van der Waals surface area contributed by atoms with E-state index in [9.17, 15) is 8.42 Å². The van der Waals surface area contributed by atoms with Crippen molar-refractivity contribution in [1.82, 2.24) is 5.32 Å². The van der Waals surface area contributed by atoms with Gasteiger partial charge in [0.05, 0.1) is 11.0 Å². The molecule has 0 aromatic heterocycles. The number of thioether (sulfide) groups is 1. The van der Waals surface area contributed by atoms with E-state index >= 15 is 0 Å². The molecule has 0 saturated heterocycles. The molecule has 0 heterocycles. The second-order valence-electron chi connectivity index (χ2n) is 5.08. The smallest absolute Gasteiger partial charge is 0.153 e. The van der Waals surface area contributed by atoms with E-state index in [1.807, 2.05) is 0 Å². The van der Waals surface area contributed by atoms with Gasteiger partial charge >= 0.3 is 0 Å². The highest BCUT2D eigenvalue weighted by atomic mass is 32.2. The summed E-state index contributed by atoms with van der Waals surface area (Å²) in [5, 5.41) is 3.08. The molecule has 0 aliphatic heterocycles. The molecule has 0 aliphatic rings. The van der Waals surface area contributed by atoms with Gasteiger partial charge < -0.3 is 5.32 Å². The zero-order valence-electron chi connectivity index (χ0n) is 12.6. The maximum Gasteiger partial charge on any atom is 0.153 e. The van der Waals surface area contributed by atoms with Gasteiger partial charge in [0, 0.05) is 17.2 Å². The van der Waals surface area contributed by atoms with Crippen LogP contribution in [0.5, 0.6) is 0 Å². The molecule has 1 N–H and O–H groups in total. The van der Waals surface area contributed by atoms with Gasteiger partial charge in [0.1, 0.15) is 0 Å². The number of benzene rings is 1. The van der Waals surface area contributed by atoms with Gasteiger partial charge in [0.25, 0.3) is 0 Å². The summed E-state index contributed by atoms with van der Waals surface area (Å²) in [5.41, 5.74) is 1.26. The second kappa shape index (κ2) is 8.70. The van der Waals surface area contributed by atoms with E-state index in [1.54, 1.807) is 25.6 Å². The molecule has 3 nitrogen and oxygen atoms in total. The Bertz CT molecular complexity index is 481. The first-order valence-corrected chi connectivity index (χ1v) is 9.80. The Morgan fingerprint density at radius 3 is 2.40 bits per heavy atom. The average Bonchev–Trinajstić information content (AvgIpc) is 2.40. The molecule has 0 fully saturated rings. The first kappa shape index (κ1) is 17.5. The summed E-state index contributed by atoms with van der Waals surface area (Å²) in [5.74, 6) is 0.864. The number of rotatable bonds is 9. The Morgan fingerprint density at radius 1 is 1.20 bits per heavy atom. The molecule has 1 rings (SSSR count). The van der Waals surface area contributed by atoms with Gasteiger partial charge in [-0.15, -0.1) is 11.8 Å². The van der Waals surface area contributed by atoms with Crippen LogP contribution in [0.2, 0.25) is 0 Å². The standard InChI is InChI=1S/C15H25NO2S2/c1-4-9-16-12-14-5-7-15(8-6-14)19-10-11-20(17,18)13(2)3/h5-8,13,16H,4,9-12H2,1-3H3. The van der Waals surface area contributed by atoms with Crippen LogP contribution in [-0.4, -0.2) is 31.7 Å². The predicted octanol–water partition coefficient (Wildman–Crippen LogP) is 3.10. The van der Waals surface area contributed by atoms with Crippen LogP contribution in [0, 0.1) is 0 Å². The van der Waals surface area contributed by atoms with E-state index in [-0.39, 0.29) is 11.0 Å². The lowest BCUT2D eigenvalue weighted by molar-refractivity contribution is 0.589. The average molecular weight is 316 g/mol. The topological polar surface area (TPSA) is 46.2 Å². The molecule has 0 spiro atoms. The van der Waals surface area contributed by atoms with Crippen molar-refractivity contribution in [2.24, 2.45) is 0 Å². The Hall–Kier alpha value is -0.520. The molecule has 0 bridgehead atoms. The van der Waals surface area contributed by atoms with Crippen molar-refractivity contribution < 1.29 is 8.42 Å². The van der Waals surface area contributed by atoms with Crippen LogP contribution in [-0.2, 0) is 16.4 Å². The molecule has 0 unspecified atom stereocenters. The lowest BCUT2D eigenvalue weighted by Crippen LogP contribution is -2.18. The quantitative estimate of drug-likeness (QED) is 0.562. The lowest BCUT2D eigenvalue weighted by Gasteiger charge is -2.08. The van der Waals surface area contributed by atoms with Crippen molar-refractivity contribution in [2.45, 2.75) is 43.9 Å². The fraction of sp³-hybridized carbons (Fsp3) is 0.600. The molecule has 1 aromatic carbocycles. The largest absolute Gasteiger partial charge is 0.313 e. The summed E-state index contributed by atoms with van der Waals surface area (Å²) in [6, 6.07) is 8.33. The third-order valence-electron chi connectivity index (χ3n) is 3.03. The van der Waals surface area contributed by atoms with E-state index in [0.29, 0.717) is 5.75 Å². The van der Waals surface area contributed by atoms with Crippen molar-refractivity contribution in [3.05, 3.63) is 29.8 Å². The zero-order valence-corrected chi connectivity index (χ0v) is 14.2. The van der Waals surface area contributed by atoms with Crippen LogP contribution in [0.1, 0.15) is 32.8 Å². The van der Waals surface area contributed by atoms with E-state index in [2.05, 4.69) is 36.5 Å². The van der Waals surface area contributed by atoms with Crippen molar-refractivity contribution in [2.75, 3.05) is 18.1 Å². The first-order chi connectivity index (χ1) is 9.45. The van der Waals surface area contributed by atoms with Gasteiger partial charge in [-0.05, 0) is 44.5 Å². The number of sulfone groups is 1. The van der Waals surface area contributed by atoms with Crippen LogP contribution < -0.4 is 5.32 Å². The van der Waals surface area contributed by atoms with E-state index in [0.717, 1.165) is 24.4 Å². The van der Waals surface area contributed by atoms with Crippen molar-refractivity contribution in [3.63, 3.8) is 0 Å². The predicted molar refractivity (Wildman–Crippen MR) is 88.1 cm³/mol.